The van der Waals surface area contributed by atoms with Gasteiger partial charge in [-0.15, -0.1) is 0 Å². The lowest BCUT2D eigenvalue weighted by molar-refractivity contribution is 0.102. The number of fused-ring (bicyclic) bond motifs is 1. The highest BCUT2D eigenvalue weighted by Gasteiger charge is 2.13. The van der Waals surface area contributed by atoms with E-state index in [4.69, 9.17) is 4.74 Å². The zero-order chi connectivity index (χ0) is 24.2. The van der Waals surface area contributed by atoms with E-state index in [-0.39, 0.29) is 5.91 Å². The Kier molecular flexibility index (Phi) is 6.98. The van der Waals surface area contributed by atoms with Crippen molar-refractivity contribution in [1.82, 2.24) is 9.47 Å². The number of hydrogen-bond donors (Lipinski definition) is 1. The quantitative estimate of drug-likeness (QED) is 0.332. The fraction of sp³-hybridized carbons (Fsp3) is 0.250. The molecule has 0 aliphatic carbocycles. The average molecular weight is 460 g/mol. The van der Waals surface area contributed by atoms with Crippen molar-refractivity contribution >= 4 is 22.5 Å². The smallest absolute Gasteiger partial charge is 0.255 e. The SMILES string of the molecule is Cc1c(C)n(CCCN(C)C)c2ccc(Oc3cccc(C(=O)Nc4cccc(F)c4)c3)cc12. The van der Waals surface area contributed by atoms with Crippen LogP contribution in [0.4, 0.5) is 10.1 Å². The highest BCUT2D eigenvalue weighted by molar-refractivity contribution is 6.04. The zero-order valence-corrected chi connectivity index (χ0v) is 20.1. The van der Waals surface area contributed by atoms with Gasteiger partial charge in [-0.2, -0.15) is 0 Å². The molecule has 0 aliphatic heterocycles. The number of carbonyl (C=O) groups is 1. The minimum Gasteiger partial charge on any atom is -0.457 e. The van der Waals surface area contributed by atoms with Gasteiger partial charge in [-0.3, -0.25) is 4.79 Å². The molecule has 5 nitrogen and oxygen atoms in total. The van der Waals surface area contributed by atoms with Gasteiger partial charge in [0.15, 0.2) is 0 Å². The topological polar surface area (TPSA) is 46.5 Å². The lowest BCUT2D eigenvalue weighted by Gasteiger charge is -2.12. The highest BCUT2D eigenvalue weighted by atomic mass is 19.1. The third-order valence-electron chi connectivity index (χ3n) is 6.01. The van der Waals surface area contributed by atoms with E-state index in [0.29, 0.717) is 22.7 Å². The molecule has 0 bridgehead atoms. The van der Waals surface area contributed by atoms with Gasteiger partial charge >= 0.3 is 0 Å². The van der Waals surface area contributed by atoms with Gasteiger partial charge in [-0.05, 0) is 101 Å². The maximum atomic E-state index is 13.4. The number of anilines is 1. The number of benzene rings is 3. The number of halogens is 1. The molecule has 0 spiro atoms. The van der Waals surface area contributed by atoms with Gasteiger partial charge < -0.3 is 19.5 Å². The Labute approximate surface area is 199 Å². The molecule has 0 saturated heterocycles. The Morgan fingerprint density at radius 3 is 2.53 bits per heavy atom. The molecule has 4 rings (SSSR count). The second-order valence-electron chi connectivity index (χ2n) is 8.79. The summed E-state index contributed by atoms with van der Waals surface area (Å²) in [5, 5.41) is 3.88. The second kappa shape index (κ2) is 10.1. The summed E-state index contributed by atoms with van der Waals surface area (Å²) in [6.45, 7) is 6.31. The lowest BCUT2D eigenvalue weighted by atomic mass is 10.1. The first-order chi connectivity index (χ1) is 16.3. The van der Waals surface area contributed by atoms with Crippen LogP contribution in [0, 0.1) is 19.7 Å². The van der Waals surface area contributed by atoms with E-state index in [1.165, 1.54) is 34.3 Å². The zero-order valence-electron chi connectivity index (χ0n) is 20.1. The molecule has 1 aromatic heterocycles. The van der Waals surface area contributed by atoms with Crippen LogP contribution >= 0.6 is 0 Å². The number of amides is 1. The molecule has 0 saturated carbocycles. The van der Waals surface area contributed by atoms with Crippen LogP contribution in [-0.2, 0) is 6.54 Å². The summed E-state index contributed by atoms with van der Waals surface area (Å²) in [4.78, 5) is 14.8. The van der Waals surface area contributed by atoms with Crippen LogP contribution < -0.4 is 10.1 Å². The van der Waals surface area contributed by atoms with Gasteiger partial charge in [-0.1, -0.05) is 12.1 Å². The molecule has 0 radical (unpaired) electrons. The van der Waals surface area contributed by atoms with E-state index < -0.39 is 5.82 Å². The fourth-order valence-corrected chi connectivity index (χ4v) is 4.13. The summed E-state index contributed by atoms with van der Waals surface area (Å²) in [7, 11) is 4.19. The molecule has 1 N–H and O–H groups in total. The van der Waals surface area contributed by atoms with Crippen molar-refractivity contribution in [3.8, 4) is 11.5 Å². The third-order valence-corrected chi connectivity index (χ3v) is 6.01. The van der Waals surface area contributed by atoms with Crippen molar-refractivity contribution in [2.75, 3.05) is 26.0 Å². The van der Waals surface area contributed by atoms with Gasteiger partial charge in [0.2, 0.25) is 0 Å². The summed E-state index contributed by atoms with van der Waals surface area (Å²) in [6, 6.07) is 18.9. The molecule has 6 heteroatoms. The summed E-state index contributed by atoms with van der Waals surface area (Å²) in [5.74, 6) is 0.546. The number of nitrogens with zero attached hydrogens (tertiary/aromatic N) is 2. The average Bonchev–Trinajstić information content (AvgIpc) is 3.03. The molecule has 1 amide bonds. The summed E-state index contributed by atoms with van der Waals surface area (Å²) < 4.78 is 21.9. The Hall–Kier alpha value is -3.64. The summed E-state index contributed by atoms with van der Waals surface area (Å²) in [5.41, 5.74) is 4.55. The van der Waals surface area contributed by atoms with Crippen molar-refractivity contribution in [3.05, 3.63) is 89.4 Å². The van der Waals surface area contributed by atoms with E-state index in [9.17, 15) is 9.18 Å². The van der Waals surface area contributed by atoms with E-state index in [1.807, 2.05) is 12.1 Å². The third kappa shape index (κ3) is 5.29. The van der Waals surface area contributed by atoms with Crippen LogP contribution in [0.15, 0.2) is 66.7 Å². The number of hydrogen-bond acceptors (Lipinski definition) is 3. The Bertz CT molecular complexity index is 1330. The normalized spacial score (nSPS) is 11.2. The molecule has 176 valence electrons. The number of ether oxygens (including phenoxy) is 1. The van der Waals surface area contributed by atoms with Crippen molar-refractivity contribution < 1.29 is 13.9 Å². The van der Waals surface area contributed by atoms with Crippen molar-refractivity contribution in [3.63, 3.8) is 0 Å². The Morgan fingerprint density at radius 1 is 1.00 bits per heavy atom. The van der Waals surface area contributed by atoms with Crippen LogP contribution in [0.1, 0.15) is 28.0 Å². The second-order valence-corrected chi connectivity index (χ2v) is 8.79. The monoisotopic (exact) mass is 459 g/mol. The number of aryl methyl sites for hydroxylation is 2. The van der Waals surface area contributed by atoms with Crippen LogP contribution in [0.2, 0.25) is 0 Å². The number of aromatic nitrogens is 1. The summed E-state index contributed by atoms with van der Waals surface area (Å²) in [6.07, 6.45) is 1.08. The van der Waals surface area contributed by atoms with Crippen molar-refractivity contribution in [1.29, 1.82) is 0 Å². The molecule has 34 heavy (non-hydrogen) atoms. The van der Waals surface area contributed by atoms with Crippen LogP contribution in [0.5, 0.6) is 11.5 Å². The Balaban J connectivity index is 1.52. The molecule has 4 aromatic rings. The van der Waals surface area contributed by atoms with Crippen molar-refractivity contribution in [2.45, 2.75) is 26.8 Å². The van der Waals surface area contributed by atoms with Crippen molar-refractivity contribution in [2.24, 2.45) is 0 Å². The largest absolute Gasteiger partial charge is 0.457 e. The highest BCUT2D eigenvalue weighted by Crippen LogP contribution is 2.31. The van der Waals surface area contributed by atoms with Crippen LogP contribution in [-0.4, -0.2) is 36.0 Å². The molecular weight excluding hydrogens is 429 g/mol. The van der Waals surface area contributed by atoms with Gasteiger partial charge in [0.25, 0.3) is 5.91 Å². The van der Waals surface area contributed by atoms with E-state index >= 15 is 0 Å². The Morgan fingerprint density at radius 2 is 1.76 bits per heavy atom. The first-order valence-electron chi connectivity index (χ1n) is 11.4. The molecular formula is C28H30FN3O2. The maximum absolute atomic E-state index is 13.4. The minimum atomic E-state index is -0.401. The number of carbonyl (C=O) groups excluding carboxylic acids is 1. The van der Waals surface area contributed by atoms with Gasteiger partial charge in [0.05, 0.1) is 0 Å². The molecule has 0 fully saturated rings. The van der Waals surface area contributed by atoms with E-state index in [1.54, 1.807) is 30.3 Å². The molecule has 0 aliphatic rings. The first kappa shape index (κ1) is 23.5. The number of nitrogens with one attached hydrogen (secondary N) is 1. The van der Waals surface area contributed by atoms with Crippen LogP contribution in [0.25, 0.3) is 10.9 Å². The summed E-state index contributed by atoms with van der Waals surface area (Å²) >= 11 is 0. The predicted octanol–water partition coefficient (Wildman–Crippen LogP) is 6.39. The lowest BCUT2D eigenvalue weighted by Crippen LogP contribution is -2.15. The molecule has 0 atom stereocenters. The minimum absolute atomic E-state index is 0.326. The van der Waals surface area contributed by atoms with Crippen LogP contribution in [0.3, 0.4) is 0 Å². The fourth-order valence-electron chi connectivity index (χ4n) is 4.13. The van der Waals surface area contributed by atoms with Gasteiger partial charge in [-0.25, -0.2) is 4.39 Å². The molecule has 1 heterocycles. The number of rotatable bonds is 8. The van der Waals surface area contributed by atoms with E-state index in [2.05, 4.69) is 54.9 Å². The molecule has 3 aromatic carbocycles. The van der Waals surface area contributed by atoms with Gasteiger partial charge in [0, 0.05) is 34.4 Å². The maximum Gasteiger partial charge on any atom is 0.255 e. The standard InChI is InChI=1S/C28H30FN3O2/c1-19-20(2)32(15-7-14-31(3)4)27-13-12-25(18-26(19)27)34-24-11-5-8-21(16-24)28(33)30-23-10-6-9-22(29)17-23/h5-6,8-13,16-18H,7,14-15H2,1-4H3,(H,30,33). The van der Waals surface area contributed by atoms with Gasteiger partial charge in [0.1, 0.15) is 17.3 Å². The first-order valence-corrected chi connectivity index (χ1v) is 11.4. The van der Waals surface area contributed by atoms with E-state index in [0.717, 1.165) is 19.5 Å². The molecule has 0 unspecified atom stereocenters. The predicted molar refractivity (Wildman–Crippen MR) is 135 cm³/mol.